The van der Waals surface area contributed by atoms with Gasteiger partial charge in [0.15, 0.2) is 0 Å². The fourth-order valence-electron chi connectivity index (χ4n) is 12.5. The molecule has 424 valence electrons. The highest BCUT2D eigenvalue weighted by molar-refractivity contribution is 5.99. The summed E-state index contributed by atoms with van der Waals surface area (Å²) in [5.41, 5.74) is 3.92. The van der Waals surface area contributed by atoms with E-state index in [9.17, 15) is 19.2 Å². The number of likely N-dealkylation sites (tertiary alicyclic amines) is 2. The van der Waals surface area contributed by atoms with Crippen LogP contribution in [0, 0.1) is 0 Å². The van der Waals surface area contributed by atoms with Gasteiger partial charge in [0.05, 0.1) is 12.1 Å². The van der Waals surface area contributed by atoms with Gasteiger partial charge in [0.1, 0.15) is 0 Å². The van der Waals surface area contributed by atoms with Crippen molar-refractivity contribution in [3.05, 3.63) is 168 Å². The van der Waals surface area contributed by atoms with Crippen molar-refractivity contribution in [2.45, 2.75) is 127 Å². The Labute approximate surface area is 476 Å². The van der Waals surface area contributed by atoms with Crippen LogP contribution >= 0.6 is 0 Å². The van der Waals surface area contributed by atoms with E-state index in [0.717, 1.165) is 112 Å². The Morgan fingerprint density at radius 1 is 0.475 bits per heavy atom. The molecule has 4 aliphatic heterocycles. The third-order valence-corrected chi connectivity index (χ3v) is 17.4. The molecule has 80 heavy (non-hydrogen) atoms. The molecular weight excluding hydrogens is 993 g/mol. The number of piperidine rings is 2. The van der Waals surface area contributed by atoms with Crippen molar-refractivity contribution in [2.24, 2.45) is 0 Å². The second kappa shape index (κ2) is 29.9. The molecular formula is C68H88N8O4. The lowest BCUT2D eigenvalue weighted by molar-refractivity contribution is -0.134. The minimum atomic E-state index is -0.236. The lowest BCUT2D eigenvalue weighted by Crippen LogP contribution is -2.50. The fourth-order valence-corrected chi connectivity index (χ4v) is 12.5. The van der Waals surface area contributed by atoms with Crippen LogP contribution in [0.25, 0.3) is 21.5 Å². The molecule has 6 aromatic carbocycles. The van der Waals surface area contributed by atoms with E-state index in [-0.39, 0.29) is 47.8 Å². The van der Waals surface area contributed by atoms with Crippen molar-refractivity contribution in [1.29, 1.82) is 0 Å². The number of fused-ring (bicyclic) bond motifs is 2. The van der Waals surface area contributed by atoms with Crippen LogP contribution in [0.5, 0.6) is 0 Å². The number of amides is 4. The second-order valence-corrected chi connectivity index (χ2v) is 22.9. The molecule has 0 bridgehead atoms. The minimum Gasteiger partial charge on any atom is -0.350 e. The van der Waals surface area contributed by atoms with Crippen LogP contribution < -0.4 is 21.3 Å². The summed E-state index contributed by atoms with van der Waals surface area (Å²) in [7, 11) is 0. The quantitative estimate of drug-likeness (QED) is 0.0595. The first-order valence-corrected chi connectivity index (χ1v) is 30.4. The number of carbonyl (C=O) groups excluding carboxylic acids is 4. The maximum atomic E-state index is 13.9. The van der Waals surface area contributed by atoms with Gasteiger partial charge in [-0.3, -0.25) is 19.2 Å². The molecule has 6 aromatic rings. The number of rotatable bonds is 20. The van der Waals surface area contributed by atoms with Crippen LogP contribution in [0.2, 0.25) is 0 Å². The highest BCUT2D eigenvalue weighted by atomic mass is 16.2. The number of benzene rings is 6. The number of nitrogens with zero attached hydrogens (tertiary/aromatic N) is 4. The van der Waals surface area contributed by atoms with Gasteiger partial charge in [0.2, 0.25) is 11.8 Å². The van der Waals surface area contributed by atoms with Crippen LogP contribution in [-0.2, 0) is 9.59 Å². The van der Waals surface area contributed by atoms with E-state index in [1.165, 1.54) is 49.7 Å². The Morgan fingerprint density at radius 2 is 0.850 bits per heavy atom. The van der Waals surface area contributed by atoms with Gasteiger partial charge in [-0.25, -0.2) is 0 Å². The minimum absolute atomic E-state index is 0.0431. The van der Waals surface area contributed by atoms with E-state index >= 15 is 0 Å². The van der Waals surface area contributed by atoms with Gasteiger partial charge in [-0.05, 0) is 147 Å². The molecule has 0 aromatic heterocycles. The summed E-state index contributed by atoms with van der Waals surface area (Å²) in [6, 6.07) is 48.6. The zero-order valence-electron chi connectivity index (χ0n) is 47.7. The van der Waals surface area contributed by atoms with Crippen LogP contribution in [-0.4, -0.2) is 146 Å². The third kappa shape index (κ3) is 16.4. The Bertz CT molecular complexity index is 2710. The lowest BCUT2D eigenvalue weighted by atomic mass is 9.95. The molecule has 4 heterocycles. The second-order valence-electron chi connectivity index (χ2n) is 22.9. The van der Waals surface area contributed by atoms with Gasteiger partial charge in [-0.1, -0.05) is 148 Å². The average Bonchev–Trinajstić information content (AvgIpc) is 3.77. The van der Waals surface area contributed by atoms with Crippen LogP contribution in [0.4, 0.5) is 0 Å². The molecule has 6 atom stereocenters. The molecule has 4 saturated heterocycles. The number of nitrogens with one attached hydrogen (secondary N) is 4. The molecule has 4 fully saturated rings. The summed E-state index contributed by atoms with van der Waals surface area (Å²) in [6.07, 6.45) is 12.8. The monoisotopic (exact) mass is 1080 g/mol. The molecule has 0 radical (unpaired) electrons. The Balaban J connectivity index is 0.000000194. The number of hydrogen-bond donors (Lipinski definition) is 4. The van der Waals surface area contributed by atoms with Crippen molar-refractivity contribution in [2.75, 3.05) is 78.5 Å². The first-order valence-electron chi connectivity index (χ1n) is 30.4. The number of hydrogen-bond acceptors (Lipinski definition) is 8. The summed E-state index contributed by atoms with van der Waals surface area (Å²) in [5.74, 6) is 0.901. The predicted octanol–water partition coefficient (Wildman–Crippen LogP) is 10.4. The Hall–Kier alpha value is -6.44. The summed E-state index contributed by atoms with van der Waals surface area (Å²) in [6.45, 7) is 14.7. The Kier molecular flexibility index (Phi) is 21.7. The molecule has 4 N–H and O–H groups in total. The number of carbonyl (C=O) groups is 4. The SMILES string of the molecule is CC[C@@H](CN1CC[C@@H](CNC(=O)c2ccc3ccccc3c2)N[C@@H](CCN2CCCCC2)C1=O)c1ccccc1.CC[C@H](CN1CC[C@@H](CNC(=O)c2ccc3ccccc3c2)N[C@@H](CCN2CCCCC2)C1=O)c1ccccc1. The molecule has 12 heteroatoms. The molecule has 10 rings (SSSR count). The lowest BCUT2D eigenvalue weighted by Gasteiger charge is -2.31. The third-order valence-electron chi connectivity index (χ3n) is 17.4. The molecule has 0 spiro atoms. The van der Waals surface area contributed by atoms with Crippen LogP contribution in [0.1, 0.15) is 135 Å². The van der Waals surface area contributed by atoms with Crippen molar-refractivity contribution in [3.8, 4) is 0 Å². The zero-order chi connectivity index (χ0) is 55.5. The maximum absolute atomic E-state index is 13.9. The van der Waals surface area contributed by atoms with Crippen molar-refractivity contribution in [3.63, 3.8) is 0 Å². The molecule has 0 saturated carbocycles. The van der Waals surface area contributed by atoms with Crippen molar-refractivity contribution >= 4 is 45.2 Å². The van der Waals surface area contributed by atoms with Gasteiger partial charge >= 0.3 is 0 Å². The van der Waals surface area contributed by atoms with Gasteiger partial charge < -0.3 is 40.9 Å². The predicted molar refractivity (Wildman–Crippen MR) is 325 cm³/mol. The molecule has 4 amide bonds. The molecule has 0 aliphatic carbocycles. The van der Waals surface area contributed by atoms with Crippen molar-refractivity contribution in [1.82, 2.24) is 40.9 Å². The van der Waals surface area contributed by atoms with Gasteiger partial charge in [-0.2, -0.15) is 0 Å². The highest BCUT2D eigenvalue weighted by Gasteiger charge is 2.34. The van der Waals surface area contributed by atoms with Gasteiger partial charge in [-0.15, -0.1) is 0 Å². The summed E-state index contributed by atoms with van der Waals surface area (Å²) < 4.78 is 0. The van der Waals surface area contributed by atoms with Gasteiger partial charge in [0, 0.05) is 87.4 Å². The Morgan fingerprint density at radius 3 is 1.24 bits per heavy atom. The van der Waals surface area contributed by atoms with E-state index in [1.807, 2.05) is 84.9 Å². The normalized spacial score (nSPS) is 21.2. The largest absolute Gasteiger partial charge is 0.350 e. The van der Waals surface area contributed by atoms with E-state index in [2.05, 4.69) is 115 Å². The highest BCUT2D eigenvalue weighted by Crippen LogP contribution is 2.26. The smallest absolute Gasteiger partial charge is 0.251 e. The fraction of sp³-hybridized carbons (Fsp3) is 0.471. The maximum Gasteiger partial charge on any atom is 0.251 e. The first-order chi connectivity index (χ1) is 39.2. The molecule has 12 nitrogen and oxygen atoms in total. The van der Waals surface area contributed by atoms with E-state index in [0.29, 0.717) is 49.1 Å². The first kappa shape index (κ1) is 58.2. The summed E-state index contributed by atoms with van der Waals surface area (Å²) in [5, 5.41) is 18.0. The van der Waals surface area contributed by atoms with Crippen LogP contribution in [0.15, 0.2) is 146 Å². The van der Waals surface area contributed by atoms with Crippen molar-refractivity contribution < 1.29 is 19.2 Å². The topological polar surface area (TPSA) is 129 Å². The summed E-state index contributed by atoms with van der Waals surface area (Å²) >= 11 is 0. The van der Waals surface area contributed by atoms with Crippen LogP contribution in [0.3, 0.4) is 0 Å². The molecule has 0 unspecified atom stereocenters. The van der Waals surface area contributed by atoms with E-state index in [1.54, 1.807) is 0 Å². The standard InChI is InChI=1S/2C34H44N4O2/c2*1-2-26(27-11-5-3-6-12-27)25-38-22-17-31(36-32(34(38)40)18-21-37-19-9-4-10-20-37)24-35-33(39)30-16-15-28-13-7-8-14-29(28)23-30/h2*3,5-8,11-16,23,26,31-32,36H,2,4,9-10,17-22,24-25H2,1H3,(H,35,39)/t26-,31+,32+;26-,31-,32-/m10/s1. The molecule has 4 aliphatic rings. The average molecular weight is 1080 g/mol. The van der Waals surface area contributed by atoms with Gasteiger partial charge in [0.25, 0.3) is 11.8 Å². The van der Waals surface area contributed by atoms with E-state index < -0.39 is 0 Å². The van der Waals surface area contributed by atoms with E-state index in [4.69, 9.17) is 0 Å². The zero-order valence-corrected chi connectivity index (χ0v) is 47.7. The summed E-state index contributed by atoms with van der Waals surface area (Å²) in [4.78, 5) is 63.1.